The molecule has 1 aliphatic heterocycles. The van der Waals surface area contributed by atoms with E-state index in [2.05, 4.69) is 4.90 Å². The maximum absolute atomic E-state index is 13.0. The van der Waals surface area contributed by atoms with Gasteiger partial charge in [-0.05, 0) is 37.1 Å². The molecule has 0 bridgehead atoms. The van der Waals surface area contributed by atoms with Crippen molar-refractivity contribution in [2.75, 3.05) is 31.1 Å². The Morgan fingerprint density at radius 1 is 0.958 bits per heavy atom. The Hall–Kier alpha value is -2.37. The third kappa shape index (κ3) is 3.42. The number of nitrogens with zero attached hydrogens (tertiary/aromatic N) is 2. The number of aliphatic carboxylic acids is 1. The fourth-order valence-electron chi connectivity index (χ4n) is 3.42. The number of carboxylic acids is 1. The first kappa shape index (κ1) is 16.5. The number of allylic oxidation sites excluding steroid dienone is 2. The van der Waals surface area contributed by atoms with Gasteiger partial charge in [-0.25, -0.2) is 4.39 Å². The smallest absolute Gasteiger partial charge is 0.226 e. The number of anilines is 1. The maximum Gasteiger partial charge on any atom is 0.226 e. The van der Waals surface area contributed by atoms with Crippen molar-refractivity contribution in [1.82, 2.24) is 4.90 Å². The number of hydrogen-bond donors (Lipinski definition) is 0. The minimum absolute atomic E-state index is 0.104. The number of piperazine rings is 1. The van der Waals surface area contributed by atoms with E-state index in [1.165, 1.54) is 12.1 Å². The Morgan fingerprint density at radius 2 is 1.54 bits per heavy atom. The van der Waals surface area contributed by atoms with Gasteiger partial charge in [0.2, 0.25) is 5.91 Å². The lowest BCUT2D eigenvalue weighted by molar-refractivity contribution is -0.313. The molecule has 0 saturated carbocycles. The standard InChI is InChI=1S/C18H21FN2O3/c19-13-5-7-14(8-6-13)20-9-11-21(12-10-20)17(22)15-3-1-2-4-16(15)18(23)24/h1-2,5-8,15-16H,3-4,9-12H2,(H,23,24)/p-1/t15-,16-/m0/s1. The van der Waals surface area contributed by atoms with Gasteiger partial charge < -0.3 is 19.7 Å². The predicted octanol–water partition coefficient (Wildman–Crippen LogP) is 0.807. The zero-order chi connectivity index (χ0) is 17.1. The Morgan fingerprint density at radius 3 is 2.12 bits per heavy atom. The summed E-state index contributed by atoms with van der Waals surface area (Å²) < 4.78 is 13.0. The second-order valence-corrected chi connectivity index (χ2v) is 6.26. The van der Waals surface area contributed by atoms with E-state index in [0.717, 1.165) is 5.69 Å². The van der Waals surface area contributed by atoms with E-state index < -0.39 is 17.8 Å². The van der Waals surface area contributed by atoms with Gasteiger partial charge in [0.1, 0.15) is 5.82 Å². The molecule has 1 aliphatic carbocycles. The van der Waals surface area contributed by atoms with Gasteiger partial charge in [-0.15, -0.1) is 0 Å². The molecule has 1 heterocycles. The Bertz CT molecular complexity index is 636. The Kier molecular flexibility index (Phi) is 4.83. The van der Waals surface area contributed by atoms with Crippen molar-refractivity contribution in [1.29, 1.82) is 0 Å². The fraction of sp³-hybridized carbons (Fsp3) is 0.444. The summed E-state index contributed by atoms with van der Waals surface area (Å²) >= 11 is 0. The molecular weight excluding hydrogens is 311 g/mol. The van der Waals surface area contributed by atoms with Crippen LogP contribution >= 0.6 is 0 Å². The molecule has 1 aromatic rings. The summed E-state index contributed by atoms with van der Waals surface area (Å²) in [5.41, 5.74) is 0.928. The lowest BCUT2D eigenvalue weighted by Crippen LogP contribution is -2.52. The topological polar surface area (TPSA) is 63.7 Å². The second-order valence-electron chi connectivity index (χ2n) is 6.26. The molecule has 128 valence electrons. The van der Waals surface area contributed by atoms with E-state index in [1.807, 2.05) is 6.08 Å². The van der Waals surface area contributed by atoms with Crippen LogP contribution in [-0.2, 0) is 9.59 Å². The van der Waals surface area contributed by atoms with Crippen LogP contribution < -0.4 is 10.0 Å². The summed E-state index contributed by atoms with van der Waals surface area (Å²) in [5.74, 6) is -2.80. The van der Waals surface area contributed by atoms with Gasteiger partial charge in [0.05, 0.1) is 0 Å². The zero-order valence-corrected chi connectivity index (χ0v) is 13.4. The quantitative estimate of drug-likeness (QED) is 0.769. The van der Waals surface area contributed by atoms with E-state index in [9.17, 15) is 19.1 Å². The number of hydrogen-bond acceptors (Lipinski definition) is 4. The summed E-state index contributed by atoms with van der Waals surface area (Å²) in [6.45, 7) is 2.37. The zero-order valence-electron chi connectivity index (χ0n) is 13.4. The molecule has 0 unspecified atom stereocenters. The summed E-state index contributed by atoms with van der Waals surface area (Å²) in [6, 6.07) is 6.30. The molecule has 0 aromatic heterocycles. The summed E-state index contributed by atoms with van der Waals surface area (Å²) in [6.07, 6.45) is 4.48. The van der Waals surface area contributed by atoms with Crippen LogP contribution in [0.1, 0.15) is 12.8 Å². The molecule has 24 heavy (non-hydrogen) atoms. The molecule has 6 heteroatoms. The highest BCUT2D eigenvalue weighted by Crippen LogP contribution is 2.28. The SMILES string of the molecule is O=C([O-])[C@H]1CC=CC[C@@H]1C(=O)N1CCN(c2ccc(F)cc2)CC1. The third-order valence-electron chi connectivity index (χ3n) is 4.84. The van der Waals surface area contributed by atoms with E-state index in [-0.39, 0.29) is 11.7 Å². The van der Waals surface area contributed by atoms with Crippen molar-refractivity contribution in [3.63, 3.8) is 0 Å². The first-order chi connectivity index (χ1) is 11.6. The molecule has 2 atom stereocenters. The molecule has 0 N–H and O–H groups in total. The van der Waals surface area contributed by atoms with E-state index >= 15 is 0 Å². The average molecular weight is 331 g/mol. The second kappa shape index (κ2) is 7.03. The molecule has 3 rings (SSSR count). The van der Waals surface area contributed by atoms with Crippen molar-refractivity contribution < 1.29 is 19.1 Å². The predicted molar refractivity (Wildman–Crippen MR) is 85.6 cm³/mol. The van der Waals surface area contributed by atoms with Gasteiger partial charge in [0.25, 0.3) is 0 Å². The molecule has 0 radical (unpaired) electrons. The largest absolute Gasteiger partial charge is 0.550 e. The number of carbonyl (C=O) groups excluding carboxylic acids is 2. The summed E-state index contributed by atoms with van der Waals surface area (Å²) in [5, 5.41) is 11.3. The minimum atomic E-state index is -1.15. The monoisotopic (exact) mass is 331 g/mol. The number of halogens is 1. The molecule has 1 saturated heterocycles. The molecule has 5 nitrogen and oxygen atoms in total. The average Bonchev–Trinajstić information content (AvgIpc) is 2.62. The summed E-state index contributed by atoms with van der Waals surface area (Å²) in [4.78, 5) is 27.8. The van der Waals surface area contributed by atoms with Crippen LogP contribution in [0.2, 0.25) is 0 Å². The van der Waals surface area contributed by atoms with Crippen LogP contribution in [0.4, 0.5) is 10.1 Å². The van der Waals surface area contributed by atoms with Crippen LogP contribution in [0.3, 0.4) is 0 Å². The van der Waals surface area contributed by atoms with Crippen LogP contribution in [0.5, 0.6) is 0 Å². The molecule has 0 spiro atoms. The van der Waals surface area contributed by atoms with Gasteiger partial charge in [0, 0.05) is 49.7 Å². The van der Waals surface area contributed by atoms with Crippen molar-refractivity contribution in [3.8, 4) is 0 Å². The lowest BCUT2D eigenvalue weighted by Gasteiger charge is -2.39. The van der Waals surface area contributed by atoms with Crippen LogP contribution in [0.25, 0.3) is 0 Å². The van der Waals surface area contributed by atoms with Crippen molar-refractivity contribution in [2.24, 2.45) is 11.8 Å². The third-order valence-corrected chi connectivity index (χ3v) is 4.84. The van der Waals surface area contributed by atoms with Gasteiger partial charge in [-0.1, -0.05) is 12.2 Å². The normalized spacial score (nSPS) is 24.0. The number of rotatable bonds is 3. The lowest BCUT2D eigenvalue weighted by atomic mass is 9.82. The molecule has 1 aromatic carbocycles. The molecular formula is C18H20FN2O3-. The molecule has 1 fully saturated rings. The highest BCUT2D eigenvalue weighted by Gasteiger charge is 2.34. The number of carbonyl (C=O) groups is 2. The summed E-state index contributed by atoms with van der Waals surface area (Å²) in [7, 11) is 0. The Labute approximate surface area is 140 Å². The maximum atomic E-state index is 13.0. The number of amides is 1. The van der Waals surface area contributed by atoms with Crippen LogP contribution in [0, 0.1) is 17.7 Å². The van der Waals surface area contributed by atoms with Crippen molar-refractivity contribution >= 4 is 17.6 Å². The minimum Gasteiger partial charge on any atom is -0.550 e. The van der Waals surface area contributed by atoms with E-state index in [0.29, 0.717) is 39.0 Å². The van der Waals surface area contributed by atoms with Crippen LogP contribution in [-0.4, -0.2) is 43.0 Å². The molecule has 2 aliphatic rings. The van der Waals surface area contributed by atoms with E-state index in [1.54, 1.807) is 23.1 Å². The number of carboxylic acid groups (broad SMARTS) is 1. The van der Waals surface area contributed by atoms with Crippen molar-refractivity contribution in [2.45, 2.75) is 12.8 Å². The fourth-order valence-corrected chi connectivity index (χ4v) is 3.42. The van der Waals surface area contributed by atoms with Gasteiger partial charge >= 0.3 is 0 Å². The first-order valence-corrected chi connectivity index (χ1v) is 8.21. The number of benzene rings is 1. The highest BCUT2D eigenvalue weighted by molar-refractivity contribution is 5.85. The van der Waals surface area contributed by atoms with E-state index in [4.69, 9.17) is 0 Å². The van der Waals surface area contributed by atoms with Gasteiger partial charge in [-0.3, -0.25) is 4.79 Å². The van der Waals surface area contributed by atoms with Gasteiger partial charge in [-0.2, -0.15) is 0 Å². The van der Waals surface area contributed by atoms with Crippen molar-refractivity contribution in [3.05, 3.63) is 42.2 Å². The Balaban J connectivity index is 1.61. The van der Waals surface area contributed by atoms with Crippen LogP contribution in [0.15, 0.2) is 36.4 Å². The molecule has 1 amide bonds. The van der Waals surface area contributed by atoms with Gasteiger partial charge in [0.15, 0.2) is 0 Å². The first-order valence-electron chi connectivity index (χ1n) is 8.21. The highest BCUT2D eigenvalue weighted by atomic mass is 19.1.